The average molecular weight is 366 g/mol. The molecule has 3 amide bonds. The number of fused-ring (bicyclic) bond motifs is 1. The molecule has 2 atom stereocenters. The summed E-state index contributed by atoms with van der Waals surface area (Å²) in [7, 11) is 0. The van der Waals surface area contributed by atoms with E-state index in [4.69, 9.17) is 0 Å². The lowest BCUT2D eigenvalue weighted by molar-refractivity contribution is -0.143. The zero-order valence-electron chi connectivity index (χ0n) is 15.5. The van der Waals surface area contributed by atoms with E-state index in [-0.39, 0.29) is 42.1 Å². The molecule has 0 radical (unpaired) electrons. The van der Waals surface area contributed by atoms with E-state index in [1.54, 1.807) is 0 Å². The maximum atomic E-state index is 13.3. The van der Waals surface area contributed by atoms with Gasteiger partial charge in [0.25, 0.3) is 0 Å². The number of anilines is 1. The SMILES string of the molecule is O=C1[C@H]2CC=CC[C@@H]2C(=O)N1CC(=O)N(c1ccccc1)C1CCCCC1. The van der Waals surface area contributed by atoms with E-state index in [2.05, 4.69) is 0 Å². The van der Waals surface area contributed by atoms with Gasteiger partial charge in [0.1, 0.15) is 6.54 Å². The molecular formula is C22H26N2O3. The quantitative estimate of drug-likeness (QED) is 0.607. The predicted octanol–water partition coefficient (Wildman–Crippen LogP) is 3.30. The number of imide groups is 1. The van der Waals surface area contributed by atoms with Crippen molar-refractivity contribution < 1.29 is 14.4 Å². The molecular weight excluding hydrogens is 340 g/mol. The number of benzene rings is 1. The van der Waals surface area contributed by atoms with Crippen molar-refractivity contribution in [2.75, 3.05) is 11.4 Å². The minimum atomic E-state index is -0.282. The molecule has 4 rings (SSSR count). The van der Waals surface area contributed by atoms with Gasteiger partial charge in [0, 0.05) is 11.7 Å². The highest BCUT2D eigenvalue weighted by Gasteiger charge is 2.48. The largest absolute Gasteiger partial charge is 0.308 e. The molecule has 0 spiro atoms. The summed E-state index contributed by atoms with van der Waals surface area (Å²) in [5.74, 6) is -1.08. The molecule has 3 aliphatic rings. The number of amides is 3. The first-order chi connectivity index (χ1) is 13.2. The fourth-order valence-electron chi connectivity index (χ4n) is 4.72. The molecule has 1 aromatic carbocycles. The van der Waals surface area contributed by atoms with Crippen LogP contribution in [-0.4, -0.2) is 35.2 Å². The summed E-state index contributed by atoms with van der Waals surface area (Å²) in [6.07, 6.45) is 10.5. The van der Waals surface area contributed by atoms with Crippen LogP contribution in [0, 0.1) is 11.8 Å². The first-order valence-corrected chi connectivity index (χ1v) is 10.0. The number of rotatable bonds is 4. The Bertz CT molecular complexity index is 726. The minimum absolute atomic E-state index is 0.143. The number of carbonyl (C=O) groups is 3. The second-order valence-corrected chi connectivity index (χ2v) is 7.81. The van der Waals surface area contributed by atoms with E-state index in [0.29, 0.717) is 12.8 Å². The van der Waals surface area contributed by atoms with Crippen molar-refractivity contribution in [3.63, 3.8) is 0 Å². The summed E-state index contributed by atoms with van der Waals surface area (Å²) >= 11 is 0. The fourth-order valence-corrected chi connectivity index (χ4v) is 4.72. The Labute approximate surface area is 160 Å². The van der Waals surface area contributed by atoms with E-state index in [0.717, 1.165) is 31.4 Å². The van der Waals surface area contributed by atoms with Crippen LogP contribution in [0.5, 0.6) is 0 Å². The van der Waals surface area contributed by atoms with Crippen molar-refractivity contribution in [1.82, 2.24) is 4.90 Å². The maximum Gasteiger partial charge on any atom is 0.247 e. The first-order valence-electron chi connectivity index (χ1n) is 10.0. The maximum absolute atomic E-state index is 13.3. The zero-order chi connectivity index (χ0) is 18.8. The number of hydrogen-bond acceptors (Lipinski definition) is 3. The molecule has 0 aromatic heterocycles. The van der Waals surface area contributed by atoms with Crippen LogP contribution in [-0.2, 0) is 14.4 Å². The van der Waals surface area contributed by atoms with Gasteiger partial charge in [-0.25, -0.2) is 0 Å². The van der Waals surface area contributed by atoms with E-state index < -0.39 is 0 Å². The lowest BCUT2D eigenvalue weighted by Crippen LogP contribution is -2.48. The molecule has 0 N–H and O–H groups in total. The van der Waals surface area contributed by atoms with Crippen molar-refractivity contribution in [2.24, 2.45) is 11.8 Å². The second-order valence-electron chi connectivity index (χ2n) is 7.81. The summed E-state index contributed by atoms with van der Waals surface area (Å²) < 4.78 is 0. The summed E-state index contributed by atoms with van der Waals surface area (Å²) in [6, 6.07) is 9.78. The number of para-hydroxylation sites is 1. The van der Waals surface area contributed by atoms with Crippen molar-refractivity contribution in [1.29, 1.82) is 0 Å². The topological polar surface area (TPSA) is 57.7 Å². The third-order valence-electron chi connectivity index (χ3n) is 6.14. The highest BCUT2D eigenvalue weighted by Crippen LogP contribution is 2.35. The molecule has 5 heteroatoms. The van der Waals surface area contributed by atoms with Gasteiger partial charge in [0.2, 0.25) is 17.7 Å². The van der Waals surface area contributed by atoms with Gasteiger partial charge >= 0.3 is 0 Å². The number of likely N-dealkylation sites (tertiary alicyclic amines) is 1. The smallest absolute Gasteiger partial charge is 0.247 e. The molecule has 1 saturated carbocycles. The van der Waals surface area contributed by atoms with Crippen molar-refractivity contribution >= 4 is 23.4 Å². The Morgan fingerprint density at radius 1 is 0.926 bits per heavy atom. The summed E-state index contributed by atoms with van der Waals surface area (Å²) in [4.78, 5) is 41.7. The monoisotopic (exact) mass is 366 g/mol. The molecule has 1 aliphatic heterocycles. The van der Waals surface area contributed by atoms with E-state index >= 15 is 0 Å². The van der Waals surface area contributed by atoms with Crippen molar-refractivity contribution in [2.45, 2.75) is 51.0 Å². The molecule has 1 heterocycles. The Kier molecular flexibility index (Phi) is 5.10. The standard InChI is InChI=1S/C22H26N2O3/c25-20(15-23-21(26)18-13-7-8-14-19(18)22(23)27)24(16-9-3-1-4-10-16)17-11-5-2-6-12-17/h1,3-4,7-10,17-19H,2,5-6,11-15H2/t18-,19-/m0/s1. The molecule has 5 nitrogen and oxygen atoms in total. The fraction of sp³-hybridized carbons (Fsp3) is 0.500. The van der Waals surface area contributed by atoms with Crippen molar-refractivity contribution in [3.8, 4) is 0 Å². The lowest BCUT2D eigenvalue weighted by Gasteiger charge is -2.35. The van der Waals surface area contributed by atoms with Crippen LogP contribution in [0.1, 0.15) is 44.9 Å². The van der Waals surface area contributed by atoms with Crippen LogP contribution in [0.15, 0.2) is 42.5 Å². The van der Waals surface area contributed by atoms with Gasteiger partial charge in [0.15, 0.2) is 0 Å². The molecule has 0 unspecified atom stereocenters. The Morgan fingerprint density at radius 3 is 2.11 bits per heavy atom. The molecule has 0 bridgehead atoms. The molecule has 2 fully saturated rings. The zero-order valence-corrected chi connectivity index (χ0v) is 15.5. The van der Waals surface area contributed by atoms with E-state index in [1.165, 1.54) is 11.3 Å². The third-order valence-corrected chi connectivity index (χ3v) is 6.14. The van der Waals surface area contributed by atoms with Crippen LogP contribution in [0.3, 0.4) is 0 Å². The van der Waals surface area contributed by atoms with Crippen LogP contribution < -0.4 is 4.90 Å². The number of nitrogens with zero attached hydrogens (tertiary/aromatic N) is 2. The van der Waals surface area contributed by atoms with Crippen LogP contribution in [0.4, 0.5) is 5.69 Å². The van der Waals surface area contributed by atoms with Gasteiger partial charge in [-0.3, -0.25) is 19.3 Å². The summed E-state index contributed by atoms with van der Waals surface area (Å²) in [6.45, 7) is -0.143. The number of allylic oxidation sites excluding steroid dienone is 2. The van der Waals surface area contributed by atoms with Gasteiger partial charge in [0.05, 0.1) is 11.8 Å². The van der Waals surface area contributed by atoms with Gasteiger partial charge < -0.3 is 4.90 Å². The van der Waals surface area contributed by atoms with Crippen molar-refractivity contribution in [3.05, 3.63) is 42.5 Å². The van der Waals surface area contributed by atoms with E-state index in [9.17, 15) is 14.4 Å². The normalized spacial score (nSPS) is 25.6. The number of hydrogen-bond donors (Lipinski definition) is 0. The van der Waals surface area contributed by atoms with Crippen LogP contribution in [0.2, 0.25) is 0 Å². The predicted molar refractivity (Wildman–Crippen MR) is 103 cm³/mol. The lowest BCUT2D eigenvalue weighted by atomic mass is 9.85. The van der Waals surface area contributed by atoms with E-state index in [1.807, 2.05) is 47.4 Å². The Balaban J connectivity index is 1.55. The van der Waals surface area contributed by atoms with Gasteiger partial charge in [-0.15, -0.1) is 0 Å². The summed E-state index contributed by atoms with van der Waals surface area (Å²) in [5, 5.41) is 0. The minimum Gasteiger partial charge on any atom is -0.308 e. The molecule has 1 saturated heterocycles. The molecule has 27 heavy (non-hydrogen) atoms. The molecule has 1 aromatic rings. The second kappa shape index (κ2) is 7.67. The number of carbonyl (C=O) groups excluding carboxylic acids is 3. The van der Waals surface area contributed by atoms with Gasteiger partial charge in [-0.2, -0.15) is 0 Å². The third kappa shape index (κ3) is 3.43. The molecule has 2 aliphatic carbocycles. The highest BCUT2D eigenvalue weighted by molar-refractivity contribution is 6.09. The Hall–Kier alpha value is -2.43. The summed E-state index contributed by atoms with van der Waals surface area (Å²) in [5.41, 5.74) is 0.854. The molecule has 142 valence electrons. The van der Waals surface area contributed by atoms with Gasteiger partial charge in [-0.1, -0.05) is 49.6 Å². The van der Waals surface area contributed by atoms with Gasteiger partial charge in [-0.05, 0) is 37.8 Å². The van der Waals surface area contributed by atoms with Crippen LogP contribution >= 0.6 is 0 Å². The Morgan fingerprint density at radius 2 is 1.52 bits per heavy atom. The van der Waals surface area contributed by atoms with Crippen LogP contribution in [0.25, 0.3) is 0 Å². The first kappa shape index (κ1) is 18.0. The average Bonchev–Trinajstić information content (AvgIpc) is 2.95. The highest BCUT2D eigenvalue weighted by atomic mass is 16.2.